The van der Waals surface area contributed by atoms with Crippen LogP contribution in [0.3, 0.4) is 0 Å². The molecule has 0 spiro atoms. The molecular weight excluding hydrogens is 434 g/mol. The van der Waals surface area contributed by atoms with Crippen molar-refractivity contribution in [2.75, 3.05) is 29.1 Å². The highest BCUT2D eigenvalue weighted by Gasteiger charge is 2.39. The van der Waals surface area contributed by atoms with Gasteiger partial charge in [-0.2, -0.15) is 10.2 Å². The Balaban J connectivity index is 1.42. The van der Waals surface area contributed by atoms with Gasteiger partial charge in [-0.1, -0.05) is 17.7 Å². The molecule has 2 aliphatic heterocycles. The summed E-state index contributed by atoms with van der Waals surface area (Å²) < 4.78 is 12.6. The van der Waals surface area contributed by atoms with Crippen LogP contribution in [-0.4, -0.2) is 48.5 Å². The maximum absolute atomic E-state index is 12.6. The van der Waals surface area contributed by atoms with E-state index in [9.17, 15) is 9.47 Å². The van der Waals surface area contributed by atoms with Crippen LogP contribution in [0.25, 0.3) is 5.57 Å². The van der Waals surface area contributed by atoms with Gasteiger partial charge in [0, 0.05) is 37.7 Å². The molecule has 10 heteroatoms. The summed E-state index contributed by atoms with van der Waals surface area (Å²) in [4.78, 5) is 21.0. The first-order valence-corrected chi connectivity index (χ1v) is 12.1. The van der Waals surface area contributed by atoms with E-state index in [4.69, 9.17) is 21.6 Å². The normalized spacial score (nSPS) is 21.6. The maximum atomic E-state index is 12.6. The largest absolute Gasteiger partial charge is 0.362 e. The van der Waals surface area contributed by atoms with Crippen molar-refractivity contribution in [2.45, 2.75) is 49.0 Å². The summed E-state index contributed by atoms with van der Waals surface area (Å²) in [5.41, 5.74) is 1.67. The lowest BCUT2D eigenvalue weighted by molar-refractivity contribution is 0.282. The van der Waals surface area contributed by atoms with Crippen molar-refractivity contribution < 1.29 is 4.21 Å². The number of halogens is 1. The van der Waals surface area contributed by atoms with Crippen molar-refractivity contribution in [1.82, 2.24) is 19.9 Å². The summed E-state index contributed by atoms with van der Waals surface area (Å²) in [6.07, 6.45) is 10.1. The van der Waals surface area contributed by atoms with Crippen LogP contribution in [0.1, 0.15) is 43.6 Å². The zero-order chi connectivity index (χ0) is 21.4. The monoisotopic (exact) mass is 455 g/mol. The Bertz CT molecular complexity index is 1110. The van der Waals surface area contributed by atoms with E-state index in [2.05, 4.69) is 32.3 Å². The van der Waals surface area contributed by atoms with Crippen LogP contribution < -0.4 is 10.2 Å². The molecule has 0 saturated heterocycles. The van der Waals surface area contributed by atoms with Gasteiger partial charge in [-0.25, -0.2) is 15.0 Å². The quantitative estimate of drug-likeness (QED) is 0.732. The lowest BCUT2D eigenvalue weighted by atomic mass is 9.74. The van der Waals surface area contributed by atoms with Crippen molar-refractivity contribution in [2.24, 2.45) is 0 Å². The Labute approximate surface area is 188 Å². The molecular formula is C21H22ClN7OS. The van der Waals surface area contributed by atoms with Gasteiger partial charge in [0.15, 0.2) is 5.82 Å². The molecule has 0 unspecified atom stereocenters. The summed E-state index contributed by atoms with van der Waals surface area (Å²) in [5.74, 6) is 2.55. The van der Waals surface area contributed by atoms with Crippen molar-refractivity contribution in [3.63, 3.8) is 0 Å². The standard InChI is InChI=1S/C21H22ClN7OS/c22-15-12-24-18(25-13-15)14-2-9-29(10-3-14)20-26-16-4-11-31(30)17(16)19(27-20)28-21(7-8-23)5-1-6-21/h2,12-13H,1,3-7,9-11H2,(H,26,27,28)/t31-/m1/s1. The maximum Gasteiger partial charge on any atom is 0.227 e. The van der Waals surface area contributed by atoms with Crippen molar-refractivity contribution in [3.8, 4) is 6.07 Å². The molecule has 1 aliphatic carbocycles. The second-order valence-corrected chi connectivity index (χ2v) is 10.1. The SMILES string of the molecule is N#CCC1(Nc2nc(N3CC=C(c4ncc(Cl)cn4)CC3)nc3c2[S@](=O)CC3)CCC1. The van der Waals surface area contributed by atoms with Gasteiger partial charge in [0.25, 0.3) is 0 Å². The number of hydrogen-bond acceptors (Lipinski definition) is 8. The smallest absolute Gasteiger partial charge is 0.227 e. The molecule has 3 aliphatic rings. The lowest BCUT2D eigenvalue weighted by Crippen LogP contribution is -2.45. The molecule has 2 aromatic rings. The van der Waals surface area contributed by atoms with Gasteiger partial charge >= 0.3 is 0 Å². The zero-order valence-corrected chi connectivity index (χ0v) is 18.5. The highest BCUT2D eigenvalue weighted by Crippen LogP contribution is 2.40. The number of nitrogens with zero attached hydrogens (tertiary/aromatic N) is 6. The molecule has 0 amide bonds. The molecule has 5 rings (SSSR count). The van der Waals surface area contributed by atoms with Crippen LogP contribution in [0.15, 0.2) is 23.4 Å². The predicted molar refractivity (Wildman–Crippen MR) is 119 cm³/mol. The molecule has 1 N–H and O–H groups in total. The molecule has 1 saturated carbocycles. The van der Waals surface area contributed by atoms with Gasteiger partial charge in [-0.15, -0.1) is 0 Å². The second kappa shape index (κ2) is 8.17. The fourth-order valence-corrected chi connectivity index (χ4v) is 5.70. The first-order valence-electron chi connectivity index (χ1n) is 10.4. The number of nitrogens with one attached hydrogen (secondary N) is 1. The summed E-state index contributed by atoms with van der Waals surface area (Å²) in [5, 5.41) is 13.3. The van der Waals surface area contributed by atoms with Gasteiger partial charge in [0.05, 0.1) is 39.5 Å². The van der Waals surface area contributed by atoms with Crippen molar-refractivity contribution >= 4 is 39.7 Å². The first-order chi connectivity index (χ1) is 15.1. The first kappa shape index (κ1) is 20.3. The van der Waals surface area contributed by atoms with Crippen LogP contribution in [0.4, 0.5) is 11.8 Å². The average Bonchev–Trinajstić information content (AvgIpc) is 3.14. The highest BCUT2D eigenvalue weighted by molar-refractivity contribution is 7.85. The summed E-state index contributed by atoms with van der Waals surface area (Å²) in [7, 11) is -1.10. The molecule has 0 aromatic carbocycles. The summed E-state index contributed by atoms with van der Waals surface area (Å²) in [6.45, 7) is 1.38. The second-order valence-electron chi connectivity index (χ2n) is 8.19. The van der Waals surface area contributed by atoms with E-state index in [-0.39, 0.29) is 5.54 Å². The third kappa shape index (κ3) is 3.90. The van der Waals surface area contributed by atoms with E-state index in [0.29, 0.717) is 47.8 Å². The molecule has 0 bridgehead atoms. The minimum atomic E-state index is -1.10. The zero-order valence-electron chi connectivity index (χ0n) is 17.0. The highest BCUT2D eigenvalue weighted by atomic mass is 35.5. The van der Waals surface area contributed by atoms with E-state index in [1.54, 1.807) is 12.4 Å². The minimum absolute atomic E-state index is 0.262. The number of aryl methyl sites for hydroxylation is 1. The third-order valence-electron chi connectivity index (χ3n) is 6.19. The molecule has 4 heterocycles. The van der Waals surface area contributed by atoms with E-state index >= 15 is 0 Å². The van der Waals surface area contributed by atoms with Gasteiger partial charge in [0.1, 0.15) is 10.7 Å². The van der Waals surface area contributed by atoms with Crippen molar-refractivity contribution in [1.29, 1.82) is 5.26 Å². The molecule has 0 radical (unpaired) electrons. The summed E-state index contributed by atoms with van der Waals surface area (Å²) >= 11 is 5.89. The number of fused-ring (bicyclic) bond motifs is 1. The van der Waals surface area contributed by atoms with E-state index in [0.717, 1.165) is 48.4 Å². The Hall–Kier alpha value is -2.57. The van der Waals surface area contributed by atoms with E-state index < -0.39 is 10.8 Å². The number of nitriles is 1. The van der Waals surface area contributed by atoms with Crippen LogP contribution in [0, 0.1) is 11.3 Å². The molecule has 8 nitrogen and oxygen atoms in total. The van der Waals surface area contributed by atoms with Gasteiger partial charge in [-0.3, -0.25) is 4.21 Å². The molecule has 1 atom stereocenters. The predicted octanol–water partition coefficient (Wildman–Crippen LogP) is 3.13. The number of rotatable bonds is 5. The minimum Gasteiger partial charge on any atom is -0.362 e. The average molecular weight is 456 g/mol. The van der Waals surface area contributed by atoms with Crippen molar-refractivity contribution in [3.05, 3.63) is 35.0 Å². The van der Waals surface area contributed by atoms with Crippen LogP contribution in [-0.2, 0) is 17.2 Å². The molecule has 2 aromatic heterocycles. The molecule has 1 fully saturated rings. The van der Waals surface area contributed by atoms with Crippen LogP contribution >= 0.6 is 11.6 Å². The fraction of sp³-hybridized carbons (Fsp3) is 0.476. The van der Waals surface area contributed by atoms with Gasteiger partial charge < -0.3 is 10.2 Å². The Morgan fingerprint density at radius 3 is 2.71 bits per heavy atom. The number of anilines is 2. The topological polar surface area (TPSA) is 108 Å². The Morgan fingerprint density at radius 2 is 2.06 bits per heavy atom. The van der Waals surface area contributed by atoms with E-state index in [1.165, 1.54) is 0 Å². The number of hydrogen-bond donors (Lipinski definition) is 1. The van der Waals surface area contributed by atoms with Gasteiger partial charge in [0.2, 0.25) is 5.95 Å². The third-order valence-corrected chi connectivity index (χ3v) is 7.84. The Morgan fingerprint density at radius 1 is 1.26 bits per heavy atom. The molecule has 31 heavy (non-hydrogen) atoms. The lowest BCUT2D eigenvalue weighted by Gasteiger charge is -2.41. The summed E-state index contributed by atoms with van der Waals surface area (Å²) in [6, 6.07) is 2.29. The van der Waals surface area contributed by atoms with Crippen LogP contribution in [0.5, 0.6) is 0 Å². The van der Waals surface area contributed by atoms with Gasteiger partial charge in [-0.05, 0) is 31.3 Å². The van der Waals surface area contributed by atoms with Crippen LogP contribution in [0.2, 0.25) is 5.02 Å². The van der Waals surface area contributed by atoms with E-state index in [1.807, 2.05) is 0 Å². The number of aromatic nitrogens is 4. The molecule has 160 valence electrons. The Kier molecular flexibility index (Phi) is 5.36. The fourth-order valence-electron chi connectivity index (χ4n) is 4.29.